The molecule has 0 amide bonds. The Bertz CT molecular complexity index is 527. The van der Waals surface area contributed by atoms with Crippen LogP contribution in [0.4, 0.5) is 5.82 Å². The van der Waals surface area contributed by atoms with Gasteiger partial charge in [-0.25, -0.2) is 4.98 Å². The van der Waals surface area contributed by atoms with E-state index in [1.807, 2.05) is 31.2 Å². The lowest BCUT2D eigenvalue weighted by Crippen LogP contribution is -2.02. The van der Waals surface area contributed by atoms with Crippen molar-refractivity contribution in [2.45, 2.75) is 13.5 Å². The van der Waals surface area contributed by atoms with Gasteiger partial charge in [-0.3, -0.25) is 0 Å². The molecular weight excluding hydrogens is 344 g/mol. The van der Waals surface area contributed by atoms with Gasteiger partial charge in [-0.15, -0.1) is 0 Å². The highest BCUT2D eigenvalue weighted by molar-refractivity contribution is 9.10. The summed E-state index contributed by atoms with van der Waals surface area (Å²) in [6.07, 6.45) is 0. The van der Waals surface area contributed by atoms with Gasteiger partial charge in [0.15, 0.2) is 0 Å². The maximum Gasteiger partial charge on any atom is 0.126 e. The molecule has 1 N–H and O–H groups in total. The van der Waals surface area contributed by atoms with Gasteiger partial charge in [0, 0.05) is 15.5 Å². The lowest BCUT2D eigenvalue weighted by atomic mass is 10.2. The van der Waals surface area contributed by atoms with E-state index < -0.39 is 0 Å². The third-order valence-corrected chi connectivity index (χ3v) is 3.72. The van der Waals surface area contributed by atoms with Crippen LogP contribution in [0.15, 0.2) is 45.3 Å². The number of hydrogen-bond acceptors (Lipinski definition) is 2. The van der Waals surface area contributed by atoms with E-state index in [1.54, 1.807) is 0 Å². The van der Waals surface area contributed by atoms with E-state index in [0.717, 1.165) is 27.0 Å². The van der Waals surface area contributed by atoms with Crippen LogP contribution in [0.2, 0.25) is 0 Å². The maximum atomic E-state index is 4.44. The van der Waals surface area contributed by atoms with Crippen LogP contribution in [0.25, 0.3) is 0 Å². The number of halogens is 2. The first kappa shape index (κ1) is 12.6. The van der Waals surface area contributed by atoms with Crippen LogP contribution in [-0.4, -0.2) is 4.98 Å². The summed E-state index contributed by atoms with van der Waals surface area (Å²) < 4.78 is 2.13. The van der Waals surface area contributed by atoms with Gasteiger partial charge in [0.2, 0.25) is 0 Å². The van der Waals surface area contributed by atoms with Crippen molar-refractivity contribution in [1.29, 1.82) is 0 Å². The highest BCUT2D eigenvalue weighted by Gasteiger charge is 1.99. The number of hydrogen-bond donors (Lipinski definition) is 1. The Kier molecular flexibility index (Phi) is 4.18. The summed E-state index contributed by atoms with van der Waals surface area (Å²) in [5.41, 5.74) is 2.21. The monoisotopic (exact) mass is 354 g/mol. The van der Waals surface area contributed by atoms with Gasteiger partial charge in [-0.2, -0.15) is 0 Å². The van der Waals surface area contributed by atoms with Crippen molar-refractivity contribution in [2.24, 2.45) is 0 Å². The minimum absolute atomic E-state index is 0.771. The summed E-state index contributed by atoms with van der Waals surface area (Å²) in [6.45, 7) is 2.75. The molecule has 0 aliphatic heterocycles. The van der Waals surface area contributed by atoms with Crippen LogP contribution >= 0.6 is 31.9 Å². The Morgan fingerprint density at radius 2 is 2.00 bits per heavy atom. The number of aromatic nitrogens is 1. The van der Waals surface area contributed by atoms with Crippen molar-refractivity contribution in [3.8, 4) is 0 Å². The second-order valence-corrected chi connectivity index (χ2v) is 5.52. The zero-order valence-corrected chi connectivity index (χ0v) is 12.5. The van der Waals surface area contributed by atoms with E-state index in [2.05, 4.69) is 54.3 Å². The topological polar surface area (TPSA) is 24.9 Å². The predicted octanol–water partition coefficient (Wildman–Crippen LogP) is 4.53. The molecule has 0 fully saturated rings. The number of nitrogens with one attached hydrogen (secondary N) is 1. The van der Waals surface area contributed by atoms with Gasteiger partial charge in [0.25, 0.3) is 0 Å². The van der Waals surface area contributed by atoms with E-state index in [-0.39, 0.29) is 0 Å². The van der Waals surface area contributed by atoms with Crippen LogP contribution in [0.1, 0.15) is 11.3 Å². The Morgan fingerprint density at radius 3 is 2.71 bits per heavy atom. The smallest absolute Gasteiger partial charge is 0.126 e. The number of aryl methyl sites for hydroxylation is 1. The van der Waals surface area contributed by atoms with Crippen LogP contribution in [-0.2, 0) is 6.54 Å². The first-order chi connectivity index (χ1) is 8.15. The van der Waals surface area contributed by atoms with Crippen molar-refractivity contribution in [3.63, 3.8) is 0 Å². The third-order valence-electron chi connectivity index (χ3n) is 2.38. The normalized spacial score (nSPS) is 10.3. The predicted molar refractivity (Wildman–Crippen MR) is 78.1 cm³/mol. The van der Waals surface area contributed by atoms with Crippen LogP contribution in [0.5, 0.6) is 0 Å². The fraction of sp³-hybridized carbons (Fsp3) is 0.154. The van der Waals surface area contributed by atoms with Gasteiger partial charge in [0.05, 0.1) is 5.69 Å². The zero-order valence-electron chi connectivity index (χ0n) is 9.37. The molecular formula is C13H12Br2N2. The van der Waals surface area contributed by atoms with Crippen molar-refractivity contribution in [2.75, 3.05) is 5.32 Å². The standard InChI is InChI=1S/C13H12Br2N2/c1-9-12(15)5-6-13(17-9)16-8-10-3-2-4-11(14)7-10/h2-7H,8H2,1H3,(H,16,17). The van der Waals surface area contributed by atoms with Crippen molar-refractivity contribution >= 4 is 37.7 Å². The Hall–Kier alpha value is -0.870. The van der Waals surface area contributed by atoms with Gasteiger partial charge in [-0.05, 0) is 52.7 Å². The summed E-state index contributed by atoms with van der Waals surface area (Å²) in [5, 5.41) is 3.30. The van der Waals surface area contributed by atoms with Crippen LogP contribution in [0.3, 0.4) is 0 Å². The summed E-state index contributed by atoms with van der Waals surface area (Å²) >= 11 is 6.90. The molecule has 88 valence electrons. The number of pyridine rings is 1. The van der Waals surface area contributed by atoms with Crippen LogP contribution < -0.4 is 5.32 Å². The minimum Gasteiger partial charge on any atom is -0.366 e. The third kappa shape index (κ3) is 3.54. The molecule has 1 aromatic heterocycles. The molecule has 0 atom stereocenters. The first-order valence-electron chi connectivity index (χ1n) is 5.26. The number of benzene rings is 1. The summed E-state index contributed by atoms with van der Waals surface area (Å²) in [5.74, 6) is 0.894. The Labute approximate surface area is 118 Å². The number of rotatable bonds is 3. The molecule has 0 radical (unpaired) electrons. The van der Waals surface area contributed by atoms with Crippen molar-refractivity contribution < 1.29 is 0 Å². The largest absolute Gasteiger partial charge is 0.366 e. The van der Waals surface area contributed by atoms with E-state index >= 15 is 0 Å². The molecule has 1 aromatic carbocycles. The Balaban J connectivity index is 2.05. The summed E-state index contributed by atoms with van der Waals surface area (Å²) in [6, 6.07) is 12.2. The van der Waals surface area contributed by atoms with E-state index in [1.165, 1.54) is 5.56 Å². The highest BCUT2D eigenvalue weighted by Crippen LogP contribution is 2.17. The molecule has 2 nitrogen and oxygen atoms in total. The molecule has 0 bridgehead atoms. The highest BCUT2D eigenvalue weighted by atomic mass is 79.9. The van der Waals surface area contributed by atoms with E-state index in [0.29, 0.717) is 0 Å². The lowest BCUT2D eigenvalue weighted by Gasteiger charge is -2.07. The second kappa shape index (κ2) is 5.65. The zero-order chi connectivity index (χ0) is 12.3. The summed E-state index contributed by atoms with van der Waals surface area (Å²) in [4.78, 5) is 4.44. The number of anilines is 1. The molecule has 17 heavy (non-hydrogen) atoms. The fourth-order valence-electron chi connectivity index (χ4n) is 1.48. The lowest BCUT2D eigenvalue weighted by molar-refractivity contribution is 1.08. The van der Waals surface area contributed by atoms with Gasteiger partial charge >= 0.3 is 0 Å². The van der Waals surface area contributed by atoms with Crippen molar-refractivity contribution in [1.82, 2.24) is 4.98 Å². The maximum absolute atomic E-state index is 4.44. The molecule has 2 rings (SSSR count). The molecule has 0 spiro atoms. The second-order valence-electron chi connectivity index (χ2n) is 3.75. The fourth-order valence-corrected chi connectivity index (χ4v) is 2.15. The van der Waals surface area contributed by atoms with E-state index in [4.69, 9.17) is 0 Å². The minimum atomic E-state index is 0.771. The van der Waals surface area contributed by atoms with Gasteiger partial charge in [-0.1, -0.05) is 28.1 Å². The summed E-state index contributed by atoms with van der Waals surface area (Å²) in [7, 11) is 0. The molecule has 0 aliphatic carbocycles. The van der Waals surface area contributed by atoms with Crippen molar-refractivity contribution in [3.05, 3.63) is 56.6 Å². The quantitative estimate of drug-likeness (QED) is 0.875. The molecule has 4 heteroatoms. The molecule has 0 saturated heterocycles. The van der Waals surface area contributed by atoms with Gasteiger partial charge in [0.1, 0.15) is 5.82 Å². The Morgan fingerprint density at radius 1 is 1.18 bits per heavy atom. The molecule has 0 unspecified atom stereocenters. The van der Waals surface area contributed by atoms with Gasteiger partial charge < -0.3 is 5.32 Å². The van der Waals surface area contributed by atoms with Crippen LogP contribution in [0, 0.1) is 6.92 Å². The average Bonchev–Trinajstić information content (AvgIpc) is 2.31. The first-order valence-corrected chi connectivity index (χ1v) is 6.85. The van der Waals surface area contributed by atoms with E-state index in [9.17, 15) is 0 Å². The molecule has 1 heterocycles. The molecule has 2 aromatic rings. The molecule has 0 saturated carbocycles. The SMILES string of the molecule is Cc1nc(NCc2cccc(Br)c2)ccc1Br. The average molecular weight is 356 g/mol. The molecule has 0 aliphatic rings. The number of nitrogens with zero attached hydrogens (tertiary/aromatic N) is 1.